The summed E-state index contributed by atoms with van der Waals surface area (Å²) in [4.78, 5) is 12.0. The number of benzene rings is 1. The van der Waals surface area contributed by atoms with Gasteiger partial charge >= 0.3 is 0 Å². The monoisotopic (exact) mass is 296 g/mol. The fourth-order valence-corrected chi connectivity index (χ4v) is 2.57. The van der Waals surface area contributed by atoms with E-state index in [1.165, 1.54) is 5.56 Å². The Hall–Kier alpha value is -1.06. The van der Waals surface area contributed by atoms with Gasteiger partial charge in [-0.1, -0.05) is 44.2 Å². The maximum atomic E-state index is 12.0. The van der Waals surface area contributed by atoms with Crippen LogP contribution in [-0.4, -0.2) is 25.0 Å². The van der Waals surface area contributed by atoms with Crippen LogP contribution in [0, 0.1) is 5.41 Å². The number of halogens is 1. The zero-order valence-corrected chi connectivity index (χ0v) is 13.1. The van der Waals surface area contributed by atoms with Crippen molar-refractivity contribution in [2.24, 2.45) is 5.41 Å². The first-order chi connectivity index (χ1) is 9.07. The number of amides is 1. The van der Waals surface area contributed by atoms with Gasteiger partial charge in [0.15, 0.2) is 0 Å². The van der Waals surface area contributed by atoms with Crippen LogP contribution in [-0.2, 0) is 11.2 Å². The van der Waals surface area contributed by atoms with Gasteiger partial charge in [-0.15, -0.1) is 12.4 Å². The molecule has 2 N–H and O–H groups in total. The molecule has 0 radical (unpaired) electrons. The lowest BCUT2D eigenvalue weighted by molar-refractivity contribution is -0.123. The van der Waals surface area contributed by atoms with Crippen molar-refractivity contribution in [2.45, 2.75) is 39.2 Å². The van der Waals surface area contributed by atoms with Crippen LogP contribution in [0.5, 0.6) is 0 Å². The summed E-state index contributed by atoms with van der Waals surface area (Å²) < 4.78 is 0. The van der Waals surface area contributed by atoms with E-state index < -0.39 is 0 Å². The van der Waals surface area contributed by atoms with Gasteiger partial charge in [0.2, 0.25) is 5.91 Å². The zero-order valence-electron chi connectivity index (χ0n) is 12.3. The van der Waals surface area contributed by atoms with Crippen LogP contribution in [0.3, 0.4) is 0 Å². The smallest absolute Gasteiger partial charge is 0.237 e. The number of carbonyl (C=O) groups excluding carboxylic acids is 1. The number of carbonyl (C=O) groups is 1. The third-order valence-electron chi connectivity index (χ3n) is 3.64. The van der Waals surface area contributed by atoms with E-state index in [-0.39, 0.29) is 29.8 Å². The fourth-order valence-electron chi connectivity index (χ4n) is 2.57. The molecule has 1 aromatic carbocycles. The van der Waals surface area contributed by atoms with Gasteiger partial charge in [-0.25, -0.2) is 0 Å². The molecule has 1 fully saturated rings. The highest BCUT2D eigenvalue weighted by Gasteiger charge is 2.24. The van der Waals surface area contributed by atoms with Crippen molar-refractivity contribution in [3.63, 3.8) is 0 Å². The predicted octanol–water partition coefficient (Wildman–Crippen LogP) is 2.55. The molecule has 1 amide bonds. The third-order valence-corrected chi connectivity index (χ3v) is 3.64. The first-order valence-electron chi connectivity index (χ1n) is 7.12. The molecule has 4 heteroatoms. The average molecular weight is 297 g/mol. The van der Waals surface area contributed by atoms with Crippen molar-refractivity contribution in [3.05, 3.63) is 35.9 Å². The molecule has 1 aliphatic rings. The Bertz CT molecular complexity index is 414. The van der Waals surface area contributed by atoms with Gasteiger partial charge in [-0.3, -0.25) is 4.79 Å². The molecular weight excluding hydrogens is 272 g/mol. The zero-order chi connectivity index (χ0) is 13.7. The Balaban J connectivity index is 0.00000200. The van der Waals surface area contributed by atoms with Crippen molar-refractivity contribution in [3.8, 4) is 0 Å². The van der Waals surface area contributed by atoms with Crippen LogP contribution in [0.25, 0.3) is 0 Å². The van der Waals surface area contributed by atoms with Crippen LogP contribution in [0.4, 0.5) is 0 Å². The van der Waals surface area contributed by atoms with Crippen LogP contribution in [0.2, 0.25) is 0 Å². The Labute approximate surface area is 127 Å². The summed E-state index contributed by atoms with van der Waals surface area (Å²) in [6.07, 6.45) is 3.04. The SMILES string of the molecule is CC(C)(CNC(=O)C1CCCN1)Cc1ccccc1.Cl. The maximum Gasteiger partial charge on any atom is 0.237 e. The highest BCUT2D eigenvalue weighted by molar-refractivity contribution is 5.85. The van der Waals surface area contributed by atoms with Crippen molar-refractivity contribution in [2.75, 3.05) is 13.1 Å². The van der Waals surface area contributed by atoms with Gasteiger partial charge in [0.25, 0.3) is 0 Å². The minimum Gasteiger partial charge on any atom is -0.354 e. The molecule has 112 valence electrons. The minimum absolute atomic E-state index is 0. The molecule has 0 aliphatic carbocycles. The summed E-state index contributed by atoms with van der Waals surface area (Å²) in [6, 6.07) is 10.5. The topological polar surface area (TPSA) is 41.1 Å². The van der Waals surface area contributed by atoms with Crippen LogP contribution < -0.4 is 10.6 Å². The van der Waals surface area contributed by atoms with Crippen molar-refractivity contribution < 1.29 is 4.79 Å². The second-order valence-electron chi connectivity index (χ2n) is 6.19. The molecule has 1 aromatic rings. The van der Waals surface area contributed by atoms with Crippen molar-refractivity contribution in [1.82, 2.24) is 10.6 Å². The van der Waals surface area contributed by atoms with E-state index in [1.807, 2.05) is 6.07 Å². The van der Waals surface area contributed by atoms with E-state index in [4.69, 9.17) is 0 Å². The average Bonchev–Trinajstić information content (AvgIpc) is 2.91. The number of hydrogen-bond acceptors (Lipinski definition) is 2. The van der Waals surface area contributed by atoms with Gasteiger partial charge in [-0.2, -0.15) is 0 Å². The van der Waals surface area contributed by atoms with Gasteiger partial charge in [0.05, 0.1) is 6.04 Å². The minimum atomic E-state index is 0. The summed E-state index contributed by atoms with van der Waals surface area (Å²) >= 11 is 0. The summed E-state index contributed by atoms with van der Waals surface area (Å²) in [5, 5.41) is 6.31. The van der Waals surface area contributed by atoms with Crippen LogP contribution >= 0.6 is 12.4 Å². The molecule has 1 unspecified atom stereocenters. The van der Waals surface area contributed by atoms with E-state index in [0.717, 1.165) is 32.4 Å². The predicted molar refractivity (Wildman–Crippen MR) is 85.2 cm³/mol. The molecule has 3 nitrogen and oxygen atoms in total. The van der Waals surface area contributed by atoms with Gasteiger partial charge in [0.1, 0.15) is 0 Å². The lowest BCUT2D eigenvalue weighted by Gasteiger charge is -2.26. The van der Waals surface area contributed by atoms with E-state index in [0.29, 0.717) is 0 Å². The molecule has 1 saturated heterocycles. The molecule has 1 aliphatic heterocycles. The third kappa shape index (κ3) is 5.14. The molecular formula is C16H25ClN2O. The second kappa shape index (κ2) is 7.65. The molecule has 20 heavy (non-hydrogen) atoms. The Morgan fingerprint density at radius 2 is 2.05 bits per heavy atom. The van der Waals surface area contributed by atoms with Gasteiger partial charge in [-0.05, 0) is 36.8 Å². The van der Waals surface area contributed by atoms with Crippen LogP contribution in [0.15, 0.2) is 30.3 Å². The maximum absolute atomic E-state index is 12.0. The van der Waals surface area contributed by atoms with E-state index >= 15 is 0 Å². The first-order valence-corrected chi connectivity index (χ1v) is 7.12. The Kier molecular flexibility index (Phi) is 6.50. The molecule has 1 heterocycles. The number of nitrogens with one attached hydrogen (secondary N) is 2. The summed E-state index contributed by atoms with van der Waals surface area (Å²) in [5.74, 6) is 0.152. The normalized spacial score (nSPS) is 18.4. The molecule has 2 rings (SSSR count). The molecule has 0 bridgehead atoms. The largest absolute Gasteiger partial charge is 0.354 e. The highest BCUT2D eigenvalue weighted by atomic mass is 35.5. The van der Waals surface area contributed by atoms with Crippen molar-refractivity contribution in [1.29, 1.82) is 0 Å². The second-order valence-corrected chi connectivity index (χ2v) is 6.19. The summed E-state index contributed by atoms with van der Waals surface area (Å²) in [5.41, 5.74) is 1.40. The van der Waals surface area contributed by atoms with Gasteiger partial charge in [0, 0.05) is 6.54 Å². The molecule has 0 saturated carbocycles. The summed E-state index contributed by atoms with van der Waals surface area (Å²) in [7, 11) is 0. The standard InChI is InChI=1S/C16H24N2O.ClH/c1-16(2,11-13-7-4-3-5-8-13)12-18-15(19)14-9-6-10-17-14;/h3-5,7-8,14,17H,6,9-12H2,1-2H3,(H,18,19);1H. The lowest BCUT2D eigenvalue weighted by atomic mass is 9.85. The molecule has 1 atom stereocenters. The quantitative estimate of drug-likeness (QED) is 0.877. The van der Waals surface area contributed by atoms with E-state index in [1.54, 1.807) is 0 Å². The van der Waals surface area contributed by atoms with E-state index in [2.05, 4.69) is 48.7 Å². The molecule has 0 aromatic heterocycles. The lowest BCUT2D eigenvalue weighted by Crippen LogP contribution is -2.44. The summed E-state index contributed by atoms with van der Waals surface area (Å²) in [6.45, 7) is 6.08. The Morgan fingerprint density at radius 1 is 1.35 bits per heavy atom. The number of rotatable bonds is 5. The van der Waals surface area contributed by atoms with Crippen LogP contribution in [0.1, 0.15) is 32.3 Å². The first kappa shape index (κ1) is 17.0. The Morgan fingerprint density at radius 3 is 2.65 bits per heavy atom. The highest BCUT2D eigenvalue weighted by Crippen LogP contribution is 2.20. The number of hydrogen-bond donors (Lipinski definition) is 2. The van der Waals surface area contributed by atoms with Crippen molar-refractivity contribution >= 4 is 18.3 Å². The fraction of sp³-hybridized carbons (Fsp3) is 0.562. The molecule has 0 spiro atoms. The van der Waals surface area contributed by atoms with E-state index in [9.17, 15) is 4.79 Å². The van der Waals surface area contributed by atoms with Gasteiger partial charge < -0.3 is 10.6 Å².